The number of aliphatic hydroxyl groups is 1. The van der Waals surface area contributed by atoms with Crippen molar-refractivity contribution in [2.24, 2.45) is 5.92 Å². The molecule has 7 nitrogen and oxygen atoms in total. The number of carbonyl (C=O) groups is 1. The molecule has 0 spiro atoms. The Hall–Kier alpha value is -1.47. The number of nitrogens with zero attached hydrogens (tertiary/aromatic N) is 4. The number of aryl methyl sites for hydroxylation is 1. The molecule has 2 aliphatic rings. The lowest BCUT2D eigenvalue weighted by Crippen LogP contribution is -2.61. The average Bonchev–Trinajstić information content (AvgIpc) is 2.89. The zero-order valence-corrected chi connectivity index (χ0v) is 13.4. The zero-order chi connectivity index (χ0) is 15.7. The van der Waals surface area contributed by atoms with E-state index in [4.69, 9.17) is 5.11 Å². The monoisotopic (exact) mass is 307 g/mol. The topological polar surface area (TPSA) is 83.3 Å². The normalized spacial score (nSPS) is 24.1. The first-order valence-electron chi connectivity index (χ1n) is 8.07. The lowest BCUT2D eigenvalue weighted by atomic mass is 9.86. The molecule has 7 heteroatoms. The van der Waals surface area contributed by atoms with Gasteiger partial charge in [-0.15, -0.1) is 5.10 Å². The largest absolute Gasteiger partial charge is 0.394 e. The van der Waals surface area contributed by atoms with E-state index < -0.39 is 0 Å². The number of hydrogen-bond donors (Lipinski definition) is 2. The van der Waals surface area contributed by atoms with Crippen molar-refractivity contribution in [3.8, 4) is 0 Å². The highest BCUT2D eigenvalue weighted by molar-refractivity contribution is 5.80. The van der Waals surface area contributed by atoms with E-state index in [1.807, 2.05) is 4.90 Å². The molecule has 122 valence electrons. The van der Waals surface area contributed by atoms with Gasteiger partial charge in [0.2, 0.25) is 5.91 Å². The Balaban J connectivity index is 1.76. The summed E-state index contributed by atoms with van der Waals surface area (Å²) in [5, 5.41) is 20.7. The first-order chi connectivity index (χ1) is 10.5. The molecular formula is C15H25N5O2. The highest BCUT2D eigenvalue weighted by atomic mass is 16.3. The summed E-state index contributed by atoms with van der Waals surface area (Å²) < 4.78 is 1.75. The Kier molecular flexibility index (Phi) is 4.18. The second kappa shape index (κ2) is 5.96. The molecule has 0 saturated carbocycles. The van der Waals surface area contributed by atoms with Crippen molar-refractivity contribution in [3.63, 3.8) is 0 Å². The number of carbonyl (C=O) groups excluding carboxylic acids is 1. The fourth-order valence-electron chi connectivity index (χ4n) is 3.53. The SMILES string of the molecule is CC1(C)CNCCN1C(=O)C1CCc2nnn(CCO)c2C1. The smallest absolute Gasteiger partial charge is 0.226 e. The summed E-state index contributed by atoms with van der Waals surface area (Å²) in [5.74, 6) is 0.245. The molecule has 1 saturated heterocycles. The van der Waals surface area contributed by atoms with Crippen molar-refractivity contribution in [2.45, 2.75) is 45.2 Å². The van der Waals surface area contributed by atoms with Crippen molar-refractivity contribution >= 4 is 5.91 Å². The van der Waals surface area contributed by atoms with Crippen LogP contribution in [0.3, 0.4) is 0 Å². The van der Waals surface area contributed by atoms with Gasteiger partial charge in [0, 0.05) is 37.5 Å². The average molecular weight is 307 g/mol. The minimum atomic E-state index is -0.140. The number of nitrogens with one attached hydrogen (secondary N) is 1. The van der Waals surface area contributed by atoms with Crippen molar-refractivity contribution in [2.75, 3.05) is 26.2 Å². The summed E-state index contributed by atoms with van der Waals surface area (Å²) in [6.07, 6.45) is 2.31. The van der Waals surface area contributed by atoms with Gasteiger partial charge >= 0.3 is 0 Å². The predicted octanol–water partition coefficient (Wildman–Crippen LogP) is -0.414. The molecule has 1 unspecified atom stereocenters. The fraction of sp³-hybridized carbons (Fsp3) is 0.800. The summed E-state index contributed by atoms with van der Waals surface area (Å²) in [7, 11) is 0. The summed E-state index contributed by atoms with van der Waals surface area (Å²) >= 11 is 0. The van der Waals surface area contributed by atoms with Crippen LogP contribution < -0.4 is 5.32 Å². The molecule has 22 heavy (non-hydrogen) atoms. The van der Waals surface area contributed by atoms with Crippen molar-refractivity contribution in [3.05, 3.63) is 11.4 Å². The predicted molar refractivity (Wildman–Crippen MR) is 81.3 cm³/mol. The molecule has 1 aromatic rings. The Morgan fingerprint density at radius 3 is 3.05 bits per heavy atom. The van der Waals surface area contributed by atoms with Crippen LogP contribution in [0.25, 0.3) is 0 Å². The molecule has 0 radical (unpaired) electrons. The third-order valence-electron chi connectivity index (χ3n) is 4.82. The van der Waals surface area contributed by atoms with E-state index in [0.29, 0.717) is 13.0 Å². The molecule has 0 bridgehead atoms. The number of aliphatic hydroxyl groups excluding tert-OH is 1. The van der Waals surface area contributed by atoms with Gasteiger partial charge in [0.1, 0.15) is 0 Å². The molecule has 1 aliphatic heterocycles. The molecule has 0 aromatic carbocycles. The first kappa shape index (κ1) is 15.4. The van der Waals surface area contributed by atoms with E-state index in [9.17, 15) is 4.79 Å². The minimum absolute atomic E-state index is 0.000757. The van der Waals surface area contributed by atoms with Gasteiger partial charge in [0.15, 0.2) is 0 Å². The van der Waals surface area contributed by atoms with Crippen LogP contribution in [0.1, 0.15) is 31.7 Å². The van der Waals surface area contributed by atoms with Gasteiger partial charge in [0.05, 0.1) is 24.5 Å². The molecular weight excluding hydrogens is 282 g/mol. The van der Waals surface area contributed by atoms with E-state index >= 15 is 0 Å². The van der Waals surface area contributed by atoms with E-state index in [-0.39, 0.29) is 24.0 Å². The van der Waals surface area contributed by atoms with Crippen LogP contribution in [0.15, 0.2) is 0 Å². The van der Waals surface area contributed by atoms with Crippen LogP contribution in [0.2, 0.25) is 0 Å². The van der Waals surface area contributed by atoms with Crippen LogP contribution in [-0.2, 0) is 24.2 Å². The quantitative estimate of drug-likeness (QED) is 0.793. The van der Waals surface area contributed by atoms with Gasteiger partial charge in [-0.2, -0.15) is 0 Å². The van der Waals surface area contributed by atoms with E-state index in [1.54, 1.807) is 4.68 Å². The van der Waals surface area contributed by atoms with E-state index in [1.165, 1.54) is 0 Å². The second-order valence-electron chi connectivity index (χ2n) is 6.85. The number of amides is 1. The third kappa shape index (κ3) is 2.75. The Bertz CT molecular complexity index is 554. The van der Waals surface area contributed by atoms with Crippen LogP contribution in [0.5, 0.6) is 0 Å². The highest BCUT2D eigenvalue weighted by Crippen LogP contribution is 2.28. The Labute approximate surface area is 130 Å². The maximum absolute atomic E-state index is 13.0. The van der Waals surface area contributed by atoms with Crippen LogP contribution in [0.4, 0.5) is 0 Å². The van der Waals surface area contributed by atoms with Crippen LogP contribution >= 0.6 is 0 Å². The summed E-state index contributed by atoms with van der Waals surface area (Å²) in [5.41, 5.74) is 1.86. The number of hydrogen-bond acceptors (Lipinski definition) is 5. The zero-order valence-electron chi connectivity index (χ0n) is 13.4. The molecule has 3 rings (SSSR count). The molecule has 1 aliphatic carbocycles. The highest BCUT2D eigenvalue weighted by Gasteiger charge is 2.38. The summed E-state index contributed by atoms with van der Waals surface area (Å²) in [6.45, 7) is 7.18. The van der Waals surface area contributed by atoms with Gasteiger partial charge in [-0.1, -0.05) is 5.21 Å². The number of aromatic nitrogens is 3. The van der Waals surface area contributed by atoms with Crippen molar-refractivity contribution in [1.29, 1.82) is 0 Å². The van der Waals surface area contributed by atoms with Gasteiger partial charge < -0.3 is 15.3 Å². The second-order valence-corrected chi connectivity index (χ2v) is 6.85. The molecule has 1 fully saturated rings. The summed E-state index contributed by atoms with van der Waals surface area (Å²) in [4.78, 5) is 15.0. The number of rotatable bonds is 3. The summed E-state index contributed by atoms with van der Waals surface area (Å²) in [6, 6.07) is 0. The maximum Gasteiger partial charge on any atom is 0.226 e. The molecule has 2 N–H and O–H groups in total. The van der Waals surface area contributed by atoms with Gasteiger partial charge in [0.25, 0.3) is 0 Å². The fourth-order valence-corrected chi connectivity index (χ4v) is 3.53. The minimum Gasteiger partial charge on any atom is -0.394 e. The van der Waals surface area contributed by atoms with Gasteiger partial charge in [-0.05, 0) is 26.7 Å². The number of fused-ring (bicyclic) bond motifs is 1. The number of piperazine rings is 1. The van der Waals surface area contributed by atoms with Crippen molar-refractivity contribution < 1.29 is 9.90 Å². The Morgan fingerprint density at radius 2 is 2.32 bits per heavy atom. The van der Waals surface area contributed by atoms with E-state index in [2.05, 4.69) is 29.5 Å². The standard InChI is InChI=1S/C15H25N5O2/c1-15(2)10-16-5-6-19(15)14(22)11-3-4-12-13(9-11)20(7-8-21)18-17-12/h11,16,21H,3-10H2,1-2H3. The lowest BCUT2D eigenvalue weighted by molar-refractivity contribution is -0.142. The third-order valence-corrected chi connectivity index (χ3v) is 4.82. The van der Waals surface area contributed by atoms with Crippen LogP contribution in [-0.4, -0.2) is 62.7 Å². The maximum atomic E-state index is 13.0. The first-order valence-corrected chi connectivity index (χ1v) is 8.07. The molecule has 1 amide bonds. The lowest BCUT2D eigenvalue weighted by Gasteiger charge is -2.44. The molecule has 1 aromatic heterocycles. The van der Waals surface area contributed by atoms with Crippen LogP contribution in [0, 0.1) is 5.92 Å². The molecule has 1 atom stereocenters. The van der Waals surface area contributed by atoms with Gasteiger partial charge in [-0.3, -0.25) is 4.79 Å². The molecule has 2 heterocycles. The van der Waals surface area contributed by atoms with Crippen molar-refractivity contribution in [1.82, 2.24) is 25.2 Å². The Morgan fingerprint density at radius 1 is 1.50 bits per heavy atom. The van der Waals surface area contributed by atoms with Gasteiger partial charge in [-0.25, -0.2) is 4.68 Å². The van der Waals surface area contributed by atoms with E-state index in [0.717, 1.165) is 43.9 Å².